The van der Waals surface area contributed by atoms with Gasteiger partial charge in [0.2, 0.25) is 0 Å². The molecule has 160 valence electrons. The summed E-state index contributed by atoms with van der Waals surface area (Å²) in [6.07, 6.45) is 5.88. The summed E-state index contributed by atoms with van der Waals surface area (Å²) in [5, 5.41) is 2.61. The van der Waals surface area contributed by atoms with Crippen LogP contribution in [0.25, 0.3) is 0 Å². The van der Waals surface area contributed by atoms with Crippen LogP contribution in [0.15, 0.2) is 60.8 Å². The van der Waals surface area contributed by atoms with E-state index in [1.165, 1.54) is 24.1 Å². The zero-order valence-electron chi connectivity index (χ0n) is 17.7. The Kier molecular flexibility index (Phi) is 6.67. The fourth-order valence-electron chi connectivity index (χ4n) is 4.09. The lowest BCUT2D eigenvalue weighted by Gasteiger charge is -2.34. The molecule has 6 heteroatoms. The van der Waals surface area contributed by atoms with Crippen LogP contribution < -0.4 is 5.32 Å². The zero-order chi connectivity index (χ0) is 21.6. The SMILES string of the molecule is Cc1nc([C@H]2CCCCN2CCc2ccccc2)ncc1C(=O)Nc1ccccc1F. The lowest BCUT2D eigenvalue weighted by Crippen LogP contribution is -2.36. The first-order chi connectivity index (χ1) is 15.1. The molecule has 31 heavy (non-hydrogen) atoms. The Hall–Kier alpha value is -3.12. The van der Waals surface area contributed by atoms with Crippen LogP contribution in [0.1, 0.15) is 52.7 Å². The summed E-state index contributed by atoms with van der Waals surface area (Å²) in [4.78, 5) is 24.3. The highest BCUT2D eigenvalue weighted by Crippen LogP contribution is 2.29. The van der Waals surface area contributed by atoms with Crippen molar-refractivity contribution in [1.82, 2.24) is 14.9 Å². The third-order valence-electron chi connectivity index (χ3n) is 5.81. The van der Waals surface area contributed by atoms with Crippen molar-refractivity contribution in [2.45, 2.75) is 38.6 Å². The Labute approximate surface area is 182 Å². The number of aryl methyl sites for hydroxylation is 1. The number of anilines is 1. The Balaban J connectivity index is 1.47. The smallest absolute Gasteiger partial charge is 0.259 e. The molecule has 0 bridgehead atoms. The Morgan fingerprint density at radius 3 is 2.68 bits per heavy atom. The van der Waals surface area contributed by atoms with Crippen molar-refractivity contribution in [1.29, 1.82) is 0 Å². The highest BCUT2D eigenvalue weighted by atomic mass is 19.1. The quantitative estimate of drug-likeness (QED) is 0.616. The van der Waals surface area contributed by atoms with E-state index < -0.39 is 11.7 Å². The minimum absolute atomic E-state index is 0.148. The number of likely N-dealkylation sites (tertiary alicyclic amines) is 1. The molecule has 5 nitrogen and oxygen atoms in total. The second kappa shape index (κ2) is 9.79. The van der Waals surface area contributed by atoms with E-state index in [0.717, 1.165) is 38.2 Å². The monoisotopic (exact) mass is 418 g/mol. The van der Waals surface area contributed by atoms with Crippen LogP contribution in [-0.2, 0) is 6.42 Å². The van der Waals surface area contributed by atoms with Gasteiger partial charge < -0.3 is 5.32 Å². The molecule has 4 rings (SSSR count). The van der Waals surface area contributed by atoms with Gasteiger partial charge >= 0.3 is 0 Å². The molecule has 1 N–H and O–H groups in total. The number of para-hydroxylation sites is 1. The summed E-state index contributed by atoms with van der Waals surface area (Å²) in [5.41, 5.74) is 2.44. The maximum atomic E-state index is 13.9. The topological polar surface area (TPSA) is 58.1 Å². The fraction of sp³-hybridized carbons (Fsp3) is 0.320. The van der Waals surface area contributed by atoms with E-state index in [1.54, 1.807) is 25.3 Å². The van der Waals surface area contributed by atoms with Crippen LogP contribution in [0.5, 0.6) is 0 Å². The minimum atomic E-state index is -0.470. The molecule has 0 aliphatic carbocycles. The number of benzene rings is 2. The maximum Gasteiger partial charge on any atom is 0.259 e. The number of nitrogens with one attached hydrogen (secondary N) is 1. The predicted molar refractivity (Wildman–Crippen MR) is 119 cm³/mol. The number of hydrogen-bond donors (Lipinski definition) is 1. The first-order valence-electron chi connectivity index (χ1n) is 10.8. The number of rotatable bonds is 6. The molecule has 1 atom stereocenters. The number of halogens is 1. The molecule has 1 amide bonds. The molecule has 1 aliphatic rings. The normalized spacial score (nSPS) is 16.8. The molecule has 2 aromatic carbocycles. The van der Waals surface area contributed by atoms with E-state index in [4.69, 9.17) is 0 Å². The number of carbonyl (C=O) groups is 1. The average Bonchev–Trinajstić information content (AvgIpc) is 2.80. The summed E-state index contributed by atoms with van der Waals surface area (Å²) in [7, 11) is 0. The second-order valence-corrected chi connectivity index (χ2v) is 7.94. The molecule has 1 fully saturated rings. The molecular weight excluding hydrogens is 391 g/mol. The number of amides is 1. The summed E-state index contributed by atoms with van der Waals surface area (Å²) >= 11 is 0. The van der Waals surface area contributed by atoms with Crippen LogP contribution in [0.2, 0.25) is 0 Å². The van der Waals surface area contributed by atoms with Crippen molar-refractivity contribution in [2.75, 3.05) is 18.4 Å². The molecule has 2 heterocycles. The van der Waals surface area contributed by atoms with Gasteiger partial charge in [-0.05, 0) is 50.4 Å². The summed E-state index contributed by atoms with van der Waals surface area (Å²) in [6.45, 7) is 3.78. The van der Waals surface area contributed by atoms with Crippen molar-refractivity contribution in [2.24, 2.45) is 0 Å². The van der Waals surface area contributed by atoms with Crippen molar-refractivity contribution in [3.05, 3.63) is 89.3 Å². The molecule has 1 saturated heterocycles. The van der Waals surface area contributed by atoms with Gasteiger partial charge in [-0.3, -0.25) is 9.69 Å². The third kappa shape index (κ3) is 5.14. The van der Waals surface area contributed by atoms with Gasteiger partial charge in [-0.2, -0.15) is 0 Å². The van der Waals surface area contributed by atoms with Gasteiger partial charge in [0.15, 0.2) is 0 Å². The van der Waals surface area contributed by atoms with Gasteiger partial charge in [-0.1, -0.05) is 48.9 Å². The van der Waals surface area contributed by atoms with Gasteiger partial charge in [-0.25, -0.2) is 14.4 Å². The van der Waals surface area contributed by atoms with Crippen LogP contribution in [-0.4, -0.2) is 33.9 Å². The Morgan fingerprint density at radius 1 is 1.13 bits per heavy atom. The maximum absolute atomic E-state index is 13.9. The number of aromatic nitrogens is 2. The van der Waals surface area contributed by atoms with Crippen molar-refractivity contribution in [3.63, 3.8) is 0 Å². The zero-order valence-corrected chi connectivity index (χ0v) is 17.7. The molecule has 0 radical (unpaired) electrons. The third-order valence-corrected chi connectivity index (χ3v) is 5.81. The van der Waals surface area contributed by atoms with E-state index in [1.807, 2.05) is 6.07 Å². The highest BCUT2D eigenvalue weighted by Gasteiger charge is 2.27. The molecule has 0 saturated carbocycles. The standard InChI is InChI=1S/C25H27FN4O/c1-18-20(25(31)29-22-12-6-5-11-21(22)26)17-27-24(28-18)23-13-7-8-15-30(23)16-14-19-9-3-2-4-10-19/h2-6,9-12,17,23H,7-8,13-16H2,1H3,(H,29,31)/t23-/m1/s1. The van der Waals surface area contributed by atoms with E-state index in [2.05, 4.69) is 44.5 Å². The second-order valence-electron chi connectivity index (χ2n) is 7.94. The van der Waals surface area contributed by atoms with Gasteiger partial charge in [0.25, 0.3) is 5.91 Å². The Morgan fingerprint density at radius 2 is 1.90 bits per heavy atom. The van der Waals surface area contributed by atoms with Crippen LogP contribution in [0.3, 0.4) is 0 Å². The predicted octanol–water partition coefficient (Wildman–Crippen LogP) is 4.95. The van der Waals surface area contributed by atoms with E-state index in [0.29, 0.717) is 11.3 Å². The fourth-order valence-corrected chi connectivity index (χ4v) is 4.09. The van der Waals surface area contributed by atoms with E-state index in [-0.39, 0.29) is 11.7 Å². The summed E-state index contributed by atoms with van der Waals surface area (Å²) in [6, 6.07) is 16.7. The number of nitrogens with zero attached hydrogens (tertiary/aromatic N) is 3. The molecule has 3 aromatic rings. The molecule has 0 unspecified atom stereocenters. The van der Waals surface area contributed by atoms with Crippen LogP contribution in [0.4, 0.5) is 10.1 Å². The van der Waals surface area contributed by atoms with Crippen molar-refractivity contribution >= 4 is 11.6 Å². The molecular formula is C25H27FN4O. The molecule has 1 aliphatic heterocycles. The van der Waals surface area contributed by atoms with Gasteiger partial charge in [-0.15, -0.1) is 0 Å². The lowest BCUT2D eigenvalue weighted by atomic mass is 10.00. The van der Waals surface area contributed by atoms with Gasteiger partial charge in [0.05, 0.1) is 23.0 Å². The first kappa shape index (κ1) is 21.1. The average molecular weight is 419 g/mol. The number of piperidine rings is 1. The van der Waals surface area contributed by atoms with E-state index in [9.17, 15) is 9.18 Å². The highest BCUT2D eigenvalue weighted by molar-refractivity contribution is 6.04. The van der Waals surface area contributed by atoms with Crippen molar-refractivity contribution < 1.29 is 9.18 Å². The number of hydrogen-bond acceptors (Lipinski definition) is 4. The van der Waals surface area contributed by atoms with Crippen LogP contribution >= 0.6 is 0 Å². The minimum Gasteiger partial charge on any atom is -0.319 e. The first-order valence-corrected chi connectivity index (χ1v) is 10.8. The lowest BCUT2D eigenvalue weighted by molar-refractivity contribution is 0.102. The summed E-state index contributed by atoms with van der Waals surface area (Å²) < 4.78 is 13.9. The number of carbonyl (C=O) groups excluding carboxylic acids is 1. The largest absolute Gasteiger partial charge is 0.319 e. The molecule has 1 aromatic heterocycles. The van der Waals surface area contributed by atoms with Gasteiger partial charge in [0, 0.05) is 12.7 Å². The summed E-state index contributed by atoms with van der Waals surface area (Å²) in [5.74, 6) is -0.117. The molecule has 0 spiro atoms. The van der Waals surface area contributed by atoms with Crippen molar-refractivity contribution in [3.8, 4) is 0 Å². The van der Waals surface area contributed by atoms with Crippen LogP contribution in [0, 0.1) is 12.7 Å². The van der Waals surface area contributed by atoms with E-state index >= 15 is 0 Å². The van der Waals surface area contributed by atoms with Gasteiger partial charge in [0.1, 0.15) is 11.6 Å². The Bertz CT molecular complexity index is 1040.